The lowest BCUT2D eigenvalue weighted by Crippen LogP contribution is -2.44. The summed E-state index contributed by atoms with van der Waals surface area (Å²) in [7, 11) is -2.52. The van der Waals surface area contributed by atoms with Crippen molar-refractivity contribution < 1.29 is 41.8 Å². The highest BCUT2D eigenvalue weighted by Crippen LogP contribution is 2.40. The Balaban J connectivity index is 1.05. The van der Waals surface area contributed by atoms with Crippen LogP contribution in [0.2, 0.25) is 0 Å². The molecule has 1 aromatic heterocycles. The number of aromatic nitrogens is 2. The number of aromatic hydroxyl groups is 1. The minimum absolute atomic E-state index is 0.00480. The van der Waals surface area contributed by atoms with E-state index in [0.717, 1.165) is 5.56 Å². The van der Waals surface area contributed by atoms with Gasteiger partial charge in [-0.3, -0.25) is 37.9 Å². The molecule has 0 bridgehead atoms. The number of phenols is 1. The summed E-state index contributed by atoms with van der Waals surface area (Å²) in [5.74, 6) is -3.37. The number of ketones is 1. The maximum Gasteiger partial charge on any atom is 0.329 e. The molecule has 3 heterocycles. The second kappa shape index (κ2) is 12.4. The molecule has 262 valence electrons. The Hall–Kier alpha value is -6.03. The molecule has 0 aliphatic carbocycles. The minimum Gasteiger partial charge on any atom is -0.506 e. The molecule has 7 rings (SSSR count). The number of rotatable bonds is 7. The van der Waals surface area contributed by atoms with Gasteiger partial charge in [-0.1, -0.05) is 12.1 Å². The van der Waals surface area contributed by atoms with E-state index in [1.807, 2.05) is 6.92 Å². The molecule has 2 aliphatic heterocycles. The molecule has 14 nitrogen and oxygen atoms in total. The van der Waals surface area contributed by atoms with Gasteiger partial charge in [0.15, 0.2) is 11.6 Å². The number of hydrogen-bond acceptors (Lipinski definition) is 9. The number of fused-ring (bicyclic) bond motifs is 2. The van der Waals surface area contributed by atoms with Gasteiger partial charge in [-0.25, -0.2) is 17.6 Å². The monoisotopic (exact) mass is 715 g/mol. The predicted octanol–water partition coefficient (Wildman–Crippen LogP) is 3.32. The van der Waals surface area contributed by atoms with Crippen molar-refractivity contribution >= 4 is 66.7 Å². The largest absolute Gasteiger partial charge is 0.506 e. The Morgan fingerprint density at radius 2 is 1.82 bits per heavy atom. The summed E-state index contributed by atoms with van der Waals surface area (Å²) in [6, 6.07) is 14.9. The Kier molecular flexibility index (Phi) is 8.13. The SMILES string of the molecule is Cc1cc(CC(=O)Nc2ccc3c(F)c(N4CC(=O)CS4(=O)=O)c(O)cc3c2)ccc1Oc1ccc2c(c1)n(C)c(=O)n2C1CCC(=O)NC1=O. The molecule has 3 N–H and O–H groups in total. The van der Waals surface area contributed by atoms with Crippen molar-refractivity contribution in [1.82, 2.24) is 14.5 Å². The van der Waals surface area contributed by atoms with E-state index in [1.165, 1.54) is 33.4 Å². The number of nitrogens with zero attached hydrogens (tertiary/aromatic N) is 3. The maximum atomic E-state index is 15.4. The fraction of sp³-hybridized carbons (Fsp3) is 0.229. The molecule has 2 saturated heterocycles. The first-order valence-corrected chi connectivity index (χ1v) is 17.4. The summed E-state index contributed by atoms with van der Waals surface area (Å²) in [4.78, 5) is 61.9. The van der Waals surface area contributed by atoms with E-state index >= 15 is 4.39 Å². The highest BCUT2D eigenvalue weighted by molar-refractivity contribution is 7.94. The van der Waals surface area contributed by atoms with E-state index < -0.39 is 63.0 Å². The summed E-state index contributed by atoms with van der Waals surface area (Å²) < 4.78 is 49.6. The van der Waals surface area contributed by atoms with Gasteiger partial charge in [-0.15, -0.1) is 0 Å². The first kappa shape index (κ1) is 33.5. The van der Waals surface area contributed by atoms with Crippen molar-refractivity contribution in [3.63, 3.8) is 0 Å². The molecule has 1 atom stereocenters. The van der Waals surface area contributed by atoms with Gasteiger partial charge < -0.3 is 15.2 Å². The van der Waals surface area contributed by atoms with E-state index in [9.17, 15) is 37.5 Å². The standard InChI is InChI=1S/C35H30FN5O9S/c1-18-11-19(3-9-29(18)50-23-5-7-25-27(15-23)39(2)35(47)41(25)26-8-10-30(44)38-34(26)46)12-31(45)37-21-4-6-24-20(13-21)14-28(43)33(32(24)36)40-16-22(42)17-51(40,48)49/h3-7,9,11,13-15,26,43H,8,10,12,16-17H2,1-2H3,(H,37,45)(H,38,44,46). The van der Waals surface area contributed by atoms with Gasteiger partial charge in [0.05, 0.1) is 24.0 Å². The molecule has 16 heteroatoms. The number of ether oxygens (including phenoxy) is 1. The van der Waals surface area contributed by atoms with Crippen LogP contribution in [-0.4, -0.2) is 58.5 Å². The zero-order valence-corrected chi connectivity index (χ0v) is 28.0. The van der Waals surface area contributed by atoms with Crippen molar-refractivity contribution in [2.45, 2.75) is 32.2 Å². The number of amides is 3. The van der Waals surface area contributed by atoms with Gasteiger partial charge in [0, 0.05) is 30.6 Å². The number of aryl methyl sites for hydroxylation is 2. The molecule has 0 saturated carbocycles. The molecule has 2 fully saturated rings. The van der Waals surface area contributed by atoms with Gasteiger partial charge in [-0.05, 0) is 72.3 Å². The predicted molar refractivity (Wildman–Crippen MR) is 184 cm³/mol. The third kappa shape index (κ3) is 6.07. The zero-order chi connectivity index (χ0) is 36.4. The number of Topliss-reactive ketones (excluding diaryl/α,β-unsaturated/α-hetero) is 1. The van der Waals surface area contributed by atoms with Gasteiger partial charge in [-0.2, -0.15) is 0 Å². The summed E-state index contributed by atoms with van der Waals surface area (Å²) in [6.45, 7) is 1.24. The lowest BCUT2D eigenvalue weighted by atomic mass is 10.1. The van der Waals surface area contributed by atoms with Crippen molar-refractivity contribution in [2.24, 2.45) is 7.05 Å². The van der Waals surface area contributed by atoms with E-state index in [-0.39, 0.29) is 41.8 Å². The van der Waals surface area contributed by atoms with E-state index in [1.54, 1.807) is 43.4 Å². The highest BCUT2D eigenvalue weighted by Gasteiger charge is 2.38. The number of anilines is 2. The van der Waals surface area contributed by atoms with Gasteiger partial charge in [0.2, 0.25) is 27.7 Å². The number of phenolic OH excluding ortho intramolecular Hbond substituents is 1. The summed E-state index contributed by atoms with van der Waals surface area (Å²) in [6.07, 6.45) is 0.342. The van der Waals surface area contributed by atoms with Gasteiger partial charge in [0.1, 0.15) is 34.7 Å². The average Bonchev–Trinajstić information content (AvgIpc) is 3.47. The second-order valence-corrected chi connectivity index (χ2v) is 14.4. The fourth-order valence-electron chi connectivity index (χ4n) is 6.55. The van der Waals surface area contributed by atoms with Crippen LogP contribution in [0.15, 0.2) is 65.5 Å². The summed E-state index contributed by atoms with van der Waals surface area (Å²) >= 11 is 0. The minimum atomic E-state index is -4.11. The van der Waals surface area contributed by atoms with Crippen LogP contribution < -0.4 is 25.4 Å². The van der Waals surface area contributed by atoms with E-state index in [4.69, 9.17) is 4.74 Å². The van der Waals surface area contributed by atoms with Crippen LogP contribution in [0.5, 0.6) is 17.2 Å². The quantitative estimate of drug-likeness (QED) is 0.213. The van der Waals surface area contributed by atoms with Gasteiger partial charge >= 0.3 is 5.69 Å². The Labute approximate surface area is 289 Å². The number of benzene rings is 4. The molecular formula is C35H30FN5O9S. The fourth-order valence-corrected chi connectivity index (χ4v) is 7.99. The molecule has 0 spiro atoms. The van der Waals surface area contributed by atoms with Crippen molar-refractivity contribution in [1.29, 1.82) is 0 Å². The van der Waals surface area contributed by atoms with Crippen LogP contribution >= 0.6 is 0 Å². The number of carbonyl (C=O) groups excluding carboxylic acids is 4. The average molecular weight is 716 g/mol. The third-order valence-corrected chi connectivity index (χ3v) is 10.6. The molecular weight excluding hydrogens is 685 g/mol. The number of hydrogen-bond donors (Lipinski definition) is 3. The first-order chi connectivity index (χ1) is 24.2. The first-order valence-electron chi connectivity index (χ1n) is 15.8. The second-order valence-electron chi connectivity index (χ2n) is 12.6. The lowest BCUT2D eigenvalue weighted by Gasteiger charge is -2.21. The van der Waals surface area contributed by atoms with Crippen LogP contribution in [0.3, 0.4) is 0 Å². The topological polar surface area (TPSA) is 186 Å². The molecule has 5 aromatic rings. The Morgan fingerprint density at radius 3 is 2.53 bits per heavy atom. The number of piperidine rings is 1. The summed E-state index contributed by atoms with van der Waals surface area (Å²) in [5.41, 5.74) is 1.79. The van der Waals surface area contributed by atoms with Crippen LogP contribution in [-0.2, 0) is 42.7 Å². The normalized spacial score (nSPS) is 17.3. The number of nitrogens with one attached hydrogen (secondary N) is 2. The zero-order valence-electron chi connectivity index (χ0n) is 27.2. The number of imidazole rings is 1. The van der Waals surface area contributed by atoms with E-state index in [0.29, 0.717) is 38.1 Å². The molecule has 1 unspecified atom stereocenters. The molecule has 2 aliphatic rings. The highest BCUT2D eigenvalue weighted by atomic mass is 32.2. The van der Waals surface area contributed by atoms with Crippen molar-refractivity contribution in [3.05, 3.63) is 88.1 Å². The van der Waals surface area contributed by atoms with Gasteiger partial charge in [0.25, 0.3) is 0 Å². The van der Waals surface area contributed by atoms with E-state index in [2.05, 4.69) is 10.6 Å². The van der Waals surface area contributed by atoms with Crippen molar-refractivity contribution in [3.8, 4) is 17.2 Å². The van der Waals surface area contributed by atoms with Crippen LogP contribution in [0, 0.1) is 12.7 Å². The molecule has 3 amide bonds. The van der Waals surface area contributed by atoms with Crippen LogP contribution in [0.1, 0.15) is 30.0 Å². The maximum absolute atomic E-state index is 15.4. The third-order valence-electron chi connectivity index (χ3n) is 8.98. The number of halogens is 1. The molecule has 51 heavy (non-hydrogen) atoms. The Bertz CT molecular complexity index is 2520. The molecule has 4 aromatic carbocycles. The number of imide groups is 1. The number of carbonyl (C=O) groups is 4. The summed E-state index contributed by atoms with van der Waals surface area (Å²) in [5, 5.41) is 15.8. The van der Waals surface area contributed by atoms with Crippen LogP contribution in [0.4, 0.5) is 15.8 Å². The Morgan fingerprint density at radius 1 is 1.04 bits per heavy atom. The van der Waals surface area contributed by atoms with Crippen molar-refractivity contribution in [2.75, 3.05) is 21.9 Å². The number of sulfonamides is 1. The molecule has 0 radical (unpaired) electrons. The smallest absolute Gasteiger partial charge is 0.329 e. The lowest BCUT2D eigenvalue weighted by molar-refractivity contribution is -0.135. The van der Waals surface area contributed by atoms with Crippen LogP contribution in [0.25, 0.3) is 21.8 Å².